The van der Waals surface area contributed by atoms with Crippen LogP contribution in [0.4, 0.5) is 0 Å². The van der Waals surface area contributed by atoms with Gasteiger partial charge in [0.05, 0.1) is 18.3 Å². The van der Waals surface area contributed by atoms with Crippen LogP contribution in [0.15, 0.2) is 4.79 Å². The second-order valence-corrected chi connectivity index (χ2v) is 6.79. The summed E-state index contributed by atoms with van der Waals surface area (Å²) < 4.78 is 7.11. The monoisotopic (exact) mass is 336 g/mol. The highest BCUT2D eigenvalue weighted by Gasteiger charge is 2.53. The van der Waals surface area contributed by atoms with Gasteiger partial charge in [-0.15, -0.1) is 0 Å². The quantitative estimate of drug-likeness (QED) is 0.896. The summed E-state index contributed by atoms with van der Waals surface area (Å²) in [6.45, 7) is 12.4. The van der Waals surface area contributed by atoms with E-state index in [2.05, 4.69) is 0 Å². The van der Waals surface area contributed by atoms with Crippen molar-refractivity contribution in [3.05, 3.63) is 27.2 Å². The second-order valence-electron chi connectivity index (χ2n) is 6.79. The van der Waals surface area contributed by atoms with Gasteiger partial charge in [-0.05, 0) is 27.7 Å². The SMILES string of the molecule is CC.CCN1CC2(C)CC(C)(O)c3c(C)c(=O)c(OC)c(n32)C1=O. The van der Waals surface area contributed by atoms with E-state index in [1.807, 2.05) is 32.3 Å². The molecule has 0 spiro atoms. The van der Waals surface area contributed by atoms with Gasteiger partial charge in [0.15, 0.2) is 11.4 Å². The highest BCUT2D eigenvalue weighted by atomic mass is 16.5. The molecule has 134 valence electrons. The van der Waals surface area contributed by atoms with Crippen LogP contribution in [0, 0.1) is 6.92 Å². The first-order valence-corrected chi connectivity index (χ1v) is 8.54. The number of ether oxygens (including phenoxy) is 1. The molecule has 0 bridgehead atoms. The van der Waals surface area contributed by atoms with Crippen molar-refractivity contribution in [2.45, 2.75) is 59.1 Å². The van der Waals surface area contributed by atoms with Gasteiger partial charge in [-0.1, -0.05) is 13.8 Å². The lowest BCUT2D eigenvalue weighted by atomic mass is 9.89. The Hall–Kier alpha value is -1.82. The number of aromatic nitrogens is 1. The van der Waals surface area contributed by atoms with Crippen LogP contribution < -0.4 is 10.2 Å². The Balaban J connectivity index is 0.00000100. The Labute approximate surface area is 143 Å². The molecule has 2 aliphatic heterocycles. The van der Waals surface area contributed by atoms with Gasteiger partial charge in [0, 0.05) is 25.1 Å². The van der Waals surface area contributed by atoms with E-state index in [0.29, 0.717) is 30.8 Å². The van der Waals surface area contributed by atoms with Crippen molar-refractivity contribution in [2.24, 2.45) is 0 Å². The fraction of sp³-hybridized carbons (Fsp3) is 0.667. The van der Waals surface area contributed by atoms with E-state index in [9.17, 15) is 14.7 Å². The molecule has 0 saturated heterocycles. The Morgan fingerprint density at radius 1 is 1.25 bits per heavy atom. The van der Waals surface area contributed by atoms with Crippen LogP contribution in [0.3, 0.4) is 0 Å². The third-order valence-corrected chi connectivity index (χ3v) is 4.95. The van der Waals surface area contributed by atoms with Crippen LogP contribution in [0.25, 0.3) is 0 Å². The van der Waals surface area contributed by atoms with Crippen molar-refractivity contribution in [2.75, 3.05) is 20.2 Å². The van der Waals surface area contributed by atoms with Crippen molar-refractivity contribution >= 4 is 5.91 Å². The number of carbonyl (C=O) groups excluding carboxylic acids is 1. The highest BCUT2D eigenvalue weighted by Crippen LogP contribution is 2.48. The molecule has 2 unspecified atom stereocenters. The normalized spacial score (nSPS) is 27.5. The molecule has 24 heavy (non-hydrogen) atoms. The van der Waals surface area contributed by atoms with E-state index in [4.69, 9.17) is 4.74 Å². The molecule has 6 nitrogen and oxygen atoms in total. The molecule has 1 aromatic rings. The zero-order valence-corrected chi connectivity index (χ0v) is 15.7. The average Bonchev–Trinajstić information content (AvgIpc) is 2.75. The van der Waals surface area contributed by atoms with Crippen LogP contribution in [0.2, 0.25) is 0 Å². The molecule has 0 saturated carbocycles. The molecule has 1 amide bonds. The minimum atomic E-state index is -1.14. The van der Waals surface area contributed by atoms with Crippen molar-refractivity contribution in [3.8, 4) is 5.75 Å². The van der Waals surface area contributed by atoms with Crippen LogP contribution >= 0.6 is 0 Å². The summed E-state index contributed by atoms with van der Waals surface area (Å²) in [5.74, 6) is -0.138. The number of likely N-dealkylation sites (N-methyl/N-ethyl adjacent to an activating group) is 1. The van der Waals surface area contributed by atoms with Crippen LogP contribution in [-0.4, -0.2) is 40.7 Å². The van der Waals surface area contributed by atoms with E-state index >= 15 is 0 Å². The molecule has 3 rings (SSSR count). The number of hydrogen-bond acceptors (Lipinski definition) is 4. The third-order valence-electron chi connectivity index (χ3n) is 4.95. The van der Waals surface area contributed by atoms with Gasteiger partial charge in [0.2, 0.25) is 5.43 Å². The van der Waals surface area contributed by atoms with Crippen molar-refractivity contribution in [1.29, 1.82) is 0 Å². The summed E-state index contributed by atoms with van der Waals surface area (Å²) in [6.07, 6.45) is 0.463. The largest absolute Gasteiger partial charge is 0.491 e. The van der Waals surface area contributed by atoms with E-state index in [-0.39, 0.29) is 22.8 Å². The van der Waals surface area contributed by atoms with Gasteiger partial charge in [0.1, 0.15) is 5.60 Å². The molecule has 1 aromatic heterocycles. The molecule has 0 aromatic carbocycles. The van der Waals surface area contributed by atoms with E-state index < -0.39 is 11.1 Å². The van der Waals surface area contributed by atoms with Gasteiger partial charge < -0.3 is 19.3 Å². The highest BCUT2D eigenvalue weighted by molar-refractivity contribution is 5.96. The fourth-order valence-electron chi connectivity index (χ4n) is 4.25. The lowest BCUT2D eigenvalue weighted by Crippen LogP contribution is -2.52. The molecule has 0 aliphatic carbocycles. The first kappa shape index (κ1) is 18.5. The second kappa shape index (κ2) is 5.92. The topological polar surface area (TPSA) is 71.8 Å². The molecule has 0 radical (unpaired) electrons. The Morgan fingerprint density at radius 2 is 1.83 bits per heavy atom. The van der Waals surface area contributed by atoms with Crippen LogP contribution in [0.5, 0.6) is 5.75 Å². The number of pyridine rings is 1. The lowest BCUT2D eigenvalue weighted by Gasteiger charge is -2.41. The van der Waals surface area contributed by atoms with Gasteiger partial charge in [-0.2, -0.15) is 0 Å². The fourth-order valence-corrected chi connectivity index (χ4v) is 4.25. The molecule has 0 fully saturated rings. The van der Waals surface area contributed by atoms with Crippen molar-refractivity contribution in [1.82, 2.24) is 9.47 Å². The number of nitrogens with zero attached hydrogens (tertiary/aromatic N) is 2. The van der Waals surface area contributed by atoms with Gasteiger partial charge in [-0.3, -0.25) is 9.59 Å². The predicted octanol–water partition coefficient (Wildman–Crippen LogP) is 1.99. The number of aliphatic hydroxyl groups is 1. The Kier molecular flexibility index (Phi) is 4.57. The van der Waals surface area contributed by atoms with Gasteiger partial charge in [0.25, 0.3) is 5.91 Å². The number of hydrogen-bond donors (Lipinski definition) is 1. The van der Waals surface area contributed by atoms with Crippen molar-refractivity contribution in [3.63, 3.8) is 0 Å². The summed E-state index contributed by atoms with van der Waals surface area (Å²) in [4.78, 5) is 27.1. The molecular formula is C18H28N2O4. The first-order valence-electron chi connectivity index (χ1n) is 8.54. The summed E-state index contributed by atoms with van der Waals surface area (Å²) in [7, 11) is 1.40. The number of carbonyl (C=O) groups is 1. The molecule has 2 atom stereocenters. The van der Waals surface area contributed by atoms with E-state index in [1.165, 1.54) is 7.11 Å². The molecule has 2 aliphatic rings. The van der Waals surface area contributed by atoms with Gasteiger partial charge in [-0.25, -0.2) is 0 Å². The third kappa shape index (κ3) is 2.27. The predicted molar refractivity (Wildman–Crippen MR) is 92.8 cm³/mol. The summed E-state index contributed by atoms with van der Waals surface area (Å²) >= 11 is 0. The van der Waals surface area contributed by atoms with Crippen LogP contribution in [0.1, 0.15) is 62.8 Å². The maximum Gasteiger partial charge on any atom is 0.274 e. The minimum absolute atomic E-state index is 0.0772. The minimum Gasteiger partial charge on any atom is -0.491 e. The standard InChI is InChI=1S/C16H22N2O4.C2H6/c1-6-17-8-15(3)7-16(4,21)13-9(2)11(19)12(22-5)10(14(17)20)18(13)15;1-2/h21H,6-8H2,1-5H3;1-2H3. The first-order chi connectivity index (χ1) is 11.2. The molecular weight excluding hydrogens is 308 g/mol. The van der Waals surface area contributed by atoms with Crippen LogP contribution in [-0.2, 0) is 11.1 Å². The van der Waals surface area contributed by atoms with Crippen molar-refractivity contribution < 1.29 is 14.6 Å². The lowest BCUT2D eigenvalue weighted by molar-refractivity contribution is 0.0289. The number of rotatable bonds is 2. The van der Waals surface area contributed by atoms with E-state index in [1.54, 1.807) is 18.7 Å². The molecule has 3 heterocycles. The smallest absolute Gasteiger partial charge is 0.274 e. The molecule has 1 N–H and O–H groups in total. The molecule has 6 heteroatoms. The number of methoxy groups -OCH3 is 1. The maximum absolute atomic E-state index is 12.8. The Morgan fingerprint density at radius 3 is 2.33 bits per heavy atom. The zero-order chi connectivity index (χ0) is 18.4. The van der Waals surface area contributed by atoms with Gasteiger partial charge >= 0.3 is 0 Å². The summed E-state index contributed by atoms with van der Waals surface area (Å²) in [5.41, 5.74) is -0.639. The number of amides is 1. The maximum atomic E-state index is 12.8. The van der Waals surface area contributed by atoms with E-state index in [0.717, 1.165) is 0 Å². The summed E-state index contributed by atoms with van der Waals surface area (Å²) in [6, 6.07) is 0. The Bertz CT molecular complexity index is 736. The summed E-state index contributed by atoms with van der Waals surface area (Å²) in [5, 5.41) is 10.8. The zero-order valence-electron chi connectivity index (χ0n) is 15.7. The average molecular weight is 336 g/mol.